The maximum atomic E-state index is 14.0. The molecule has 6 nitrogen and oxygen atoms in total. The summed E-state index contributed by atoms with van der Waals surface area (Å²) < 4.78 is 66.6. The Morgan fingerprint density at radius 1 is 1.12 bits per heavy atom. The van der Waals surface area contributed by atoms with E-state index in [1.807, 2.05) is 0 Å². The van der Waals surface area contributed by atoms with Crippen molar-refractivity contribution in [3.05, 3.63) is 41.8 Å². The largest absolute Gasteiger partial charge is 0.344 e. The topological polar surface area (TPSA) is 72.3 Å². The van der Waals surface area contributed by atoms with Crippen molar-refractivity contribution in [2.45, 2.75) is 23.8 Å². The first-order valence-corrected chi connectivity index (χ1v) is 8.45. The zero-order chi connectivity index (χ0) is 18.1. The summed E-state index contributed by atoms with van der Waals surface area (Å²) in [7, 11) is -4.91. The first-order valence-electron chi connectivity index (χ1n) is 6.97. The van der Waals surface area contributed by atoms with E-state index in [2.05, 4.69) is 5.10 Å². The van der Waals surface area contributed by atoms with Gasteiger partial charge in [-0.15, -0.1) is 5.10 Å². The molecule has 1 heterocycles. The molecule has 2 rings (SSSR count). The monoisotopic (exact) mass is 361 g/mol. The van der Waals surface area contributed by atoms with Crippen LogP contribution in [0.5, 0.6) is 0 Å². The summed E-state index contributed by atoms with van der Waals surface area (Å²) in [4.78, 5) is 12.0. The summed E-state index contributed by atoms with van der Waals surface area (Å²) >= 11 is 0. The van der Waals surface area contributed by atoms with Gasteiger partial charge in [-0.1, -0.05) is 6.07 Å². The number of halogens is 3. The fourth-order valence-electron chi connectivity index (χ4n) is 2.09. The quantitative estimate of drug-likeness (QED) is 0.839. The maximum absolute atomic E-state index is 14.0. The van der Waals surface area contributed by atoms with E-state index < -0.39 is 43.2 Å². The molecule has 0 saturated heterocycles. The predicted octanol–water partition coefficient (Wildman–Crippen LogP) is 2.44. The molecular formula is C14H14F3N3O3S. The van der Waals surface area contributed by atoms with Gasteiger partial charge in [0.15, 0.2) is 5.82 Å². The van der Waals surface area contributed by atoms with E-state index in [0.29, 0.717) is 24.0 Å². The van der Waals surface area contributed by atoms with E-state index in [-0.39, 0.29) is 0 Å². The molecule has 24 heavy (non-hydrogen) atoms. The minimum atomic E-state index is -4.91. The summed E-state index contributed by atoms with van der Waals surface area (Å²) in [5, 5.41) is 2.17. The molecule has 0 unspecified atom stereocenters. The van der Waals surface area contributed by atoms with E-state index in [1.54, 1.807) is 13.8 Å². The van der Waals surface area contributed by atoms with E-state index in [1.165, 1.54) is 4.90 Å². The molecule has 0 spiro atoms. The van der Waals surface area contributed by atoms with Crippen LogP contribution in [0.4, 0.5) is 18.0 Å². The van der Waals surface area contributed by atoms with Crippen LogP contribution in [0.15, 0.2) is 34.3 Å². The predicted molar refractivity (Wildman–Crippen MR) is 77.7 cm³/mol. The Balaban J connectivity index is 2.56. The maximum Gasteiger partial charge on any atom is 0.344 e. The number of sulfone groups is 1. The molecule has 0 fully saturated rings. The van der Waals surface area contributed by atoms with Crippen LogP contribution in [0, 0.1) is 17.5 Å². The lowest BCUT2D eigenvalue weighted by molar-refractivity contribution is 0.201. The van der Waals surface area contributed by atoms with Crippen molar-refractivity contribution in [3.63, 3.8) is 0 Å². The minimum Gasteiger partial charge on any atom is -0.323 e. The first kappa shape index (κ1) is 18.0. The number of amides is 1. The average molecular weight is 361 g/mol. The third-order valence-corrected chi connectivity index (χ3v) is 5.02. The van der Waals surface area contributed by atoms with E-state index in [4.69, 9.17) is 0 Å². The molecule has 130 valence electrons. The Hall–Kier alpha value is -2.36. The van der Waals surface area contributed by atoms with Gasteiger partial charge in [0.25, 0.3) is 0 Å². The molecular weight excluding hydrogens is 347 g/mol. The van der Waals surface area contributed by atoms with Gasteiger partial charge in [-0.3, -0.25) is 0 Å². The van der Waals surface area contributed by atoms with Crippen LogP contribution in [0.25, 0.3) is 0 Å². The second-order valence-electron chi connectivity index (χ2n) is 4.74. The van der Waals surface area contributed by atoms with Gasteiger partial charge in [0.2, 0.25) is 14.9 Å². The Morgan fingerprint density at radius 2 is 1.67 bits per heavy atom. The molecule has 1 aromatic carbocycles. The highest BCUT2D eigenvalue weighted by atomic mass is 32.2. The van der Waals surface area contributed by atoms with Crippen LogP contribution >= 0.6 is 0 Å². The molecule has 0 aliphatic carbocycles. The minimum absolute atomic E-state index is 0.292. The van der Waals surface area contributed by atoms with Gasteiger partial charge in [0.1, 0.15) is 16.5 Å². The van der Waals surface area contributed by atoms with Crippen molar-refractivity contribution in [2.24, 2.45) is 0 Å². The van der Waals surface area contributed by atoms with Crippen LogP contribution in [0.1, 0.15) is 13.8 Å². The number of carbonyl (C=O) groups is 1. The van der Waals surface area contributed by atoms with Gasteiger partial charge >= 0.3 is 6.03 Å². The SMILES string of the molecule is CCN(CC)C(=O)n1cc(F)c(S(=O)(=O)c2c(F)cccc2F)n1. The number of nitrogens with zero attached hydrogens (tertiary/aromatic N) is 3. The molecule has 1 aromatic heterocycles. The zero-order valence-corrected chi connectivity index (χ0v) is 13.6. The fraction of sp³-hybridized carbons (Fsp3) is 0.286. The van der Waals surface area contributed by atoms with Crippen molar-refractivity contribution >= 4 is 15.9 Å². The van der Waals surface area contributed by atoms with Crippen LogP contribution in [0.3, 0.4) is 0 Å². The number of benzene rings is 1. The number of hydrogen-bond acceptors (Lipinski definition) is 4. The lowest BCUT2D eigenvalue weighted by Crippen LogP contribution is -2.34. The van der Waals surface area contributed by atoms with Crippen molar-refractivity contribution in [1.82, 2.24) is 14.7 Å². The summed E-state index contributed by atoms with van der Waals surface area (Å²) in [5.74, 6) is -4.13. The molecule has 0 atom stereocenters. The smallest absolute Gasteiger partial charge is 0.323 e. The lowest BCUT2D eigenvalue weighted by Gasteiger charge is -2.17. The Labute approximate surface area is 136 Å². The Bertz CT molecular complexity index is 856. The van der Waals surface area contributed by atoms with Crippen LogP contribution < -0.4 is 0 Å². The van der Waals surface area contributed by atoms with E-state index in [0.717, 1.165) is 18.2 Å². The van der Waals surface area contributed by atoms with Crippen molar-refractivity contribution in [3.8, 4) is 0 Å². The van der Waals surface area contributed by atoms with Crippen LogP contribution in [-0.4, -0.2) is 42.2 Å². The van der Waals surface area contributed by atoms with Gasteiger partial charge < -0.3 is 4.90 Å². The molecule has 0 N–H and O–H groups in total. The Kier molecular flexibility index (Phi) is 4.97. The van der Waals surface area contributed by atoms with Gasteiger partial charge in [-0.25, -0.2) is 26.4 Å². The molecule has 0 bridgehead atoms. The standard InChI is InChI=1S/C14H14F3N3O3S/c1-3-19(4-2)14(21)20-8-11(17)13(18-20)24(22,23)12-9(15)6-5-7-10(12)16/h5-8H,3-4H2,1-2H3. The van der Waals surface area contributed by atoms with Gasteiger partial charge in [0.05, 0.1) is 6.20 Å². The Morgan fingerprint density at radius 3 is 2.17 bits per heavy atom. The summed E-state index contributed by atoms with van der Waals surface area (Å²) in [6, 6.07) is 1.68. The highest BCUT2D eigenvalue weighted by molar-refractivity contribution is 7.91. The third kappa shape index (κ3) is 3.01. The lowest BCUT2D eigenvalue weighted by atomic mass is 10.3. The van der Waals surface area contributed by atoms with E-state index in [9.17, 15) is 26.4 Å². The normalized spacial score (nSPS) is 11.5. The van der Waals surface area contributed by atoms with Gasteiger partial charge in [-0.2, -0.15) is 4.68 Å². The molecule has 0 aliphatic heterocycles. The highest BCUT2D eigenvalue weighted by Gasteiger charge is 2.33. The zero-order valence-electron chi connectivity index (χ0n) is 12.8. The van der Waals surface area contributed by atoms with Crippen molar-refractivity contribution in [2.75, 3.05) is 13.1 Å². The first-order chi connectivity index (χ1) is 11.2. The second-order valence-corrected chi connectivity index (χ2v) is 6.54. The number of aromatic nitrogens is 2. The fourth-order valence-corrected chi connectivity index (χ4v) is 3.44. The van der Waals surface area contributed by atoms with Crippen molar-refractivity contribution < 1.29 is 26.4 Å². The highest BCUT2D eigenvalue weighted by Crippen LogP contribution is 2.26. The molecule has 0 radical (unpaired) electrons. The number of rotatable bonds is 4. The molecule has 1 amide bonds. The summed E-state index contributed by atoms with van der Waals surface area (Å²) in [6.07, 6.45) is 0.562. The van der Waals surface area contributed by atoms with E-state index >= 15 is 0 Å². The third-order valence-electron chi connectivity index (χ3n) is 3.31. The molecule has 10 heteroatoms. The second kappa shape index (κ2) is 6.63. The van der Waals surface area contributed by atoms with Crippen molar-refractivity contribution in [1.29, 1.82) is 0 Å². The van der Waals surface area contributed by atoms with Crippen LogP contribution in [0.2, 0.25) is 0 Å². The van der Waals surface area contributed by atoms with Crippen LogP contribution in [-0.2, 0) is 9.84 Å². The molecule has 0 aliphatic rings. The van der Waals surface area contributed by atoms with Gasteiger partial charge in [-0.05, 0) is 26.0 Å². The molecule has 0 saturated carbocycles. The molecule has 2 aromatic rings. The average Bonchev–Trinajstić information content (AvgIpc) is 2.90. The number of carbonyl (C=O) groups excluding carboxylic acids is 1. The summed E-state index contributed by atoms with van der Waals surface area (Å²) in [6.45, 7) is 3.93. The summed E-state index contributed by atoms with van der Waals surface area (Å²) in [5.41, 5.74) is 0. The number of hydrogen-bond donors (Lipinski definition) is 0. The van der Waals surface area contributed by atoms with Gasteiger partial charge in [0, 0.05) is 13.1 Å².